The molecule has 0 aliphatic heterocycles. The summed E-state index contributed by atoms with van der Waals surface area (Å²) in [5.74, 6) is 0.487. The number of hydrogen-bond acceptors (Lipinski definition) is 3. The Bertz CT molecular complexity index is 434. The van der Waals surface area contributed by atoms with Crippen LogP contribution in [0.3, 0.4) is 0 Å². The molecule has 0 bridgehead atoms. The number of anilines is 1. The lowest BCUT2D eigenvalue weighted by atomic mass is 10.2. The van der Waals surface area contributed by atoms with Crippen LogP contribution >= 0.6 is 12.4 Å². The number of aromatic nitrogens is 1. The quantitative estimate of drug-likeness (QED) is 0.891. The molecule has 0 fully saturated rings. The highest BCUT2D eigenvalue weighted by Crippen LogP contribution is 2.17. The van der Waals surface area contributed by atoms with E-state index in [9.17, 15) is 0 Å². The second-order valence-electron chi connectivity index (χ2n) is 3.17. The van der Waals surface area contributed by atoms with Crippen molar-refractivity contribution in [3.8, 4) is 5.88 Å². The Labute approximate surface area is 101 Å². The van der Waals surface area contributed by atoms with E-state index in [1.54, 1.807) is 18.3 Å². The molecule has 0 aliphatic rings. The monoisotopic (exact) mass is 236 g/mol. The SMILES string of the molecule is Cl.Nc1cccnc1OCc1ccccc1. The van der Waals surface area contributed by atoms with Crippen molar-refractivity contribution in [2.75, 3.05) is 5.73 Å². The predicted octanol–water partition coefficient (Wildman–Crippen LogP) is 2.66. The first-order chi connectivity index (χ1) is 7.36. The minimum absolute atomic E-state index is 0. The Morgan fingerprint density at radius 1 is 1.06 bits per heavy atom. The fourth-order valence-corrected chi connectivity index (χ4v) is 1.25. The van der Waals surface area contributed by atoms with Crippen molar-refractivity contribution < 1.29 is 4.74 Å². The van der Waals surface area contributed by atoms with Crippen molar-refractivity contribution in [3.63, 3.8) is 0 Å². The van der Waals surface area contributed by atoms with Crippen molar-refractivity contribution in [2.24, 2.45) is 0 Å². The third kappa shape index (κ3) is 3.14. The number of benzene rings is 1. The van der Waals surface area contributed by atoms with E-state index in [-0.39, 0.29) is 12.4 Å². The molecular formula is C12H13ClN2O. The number of nitrogens with two attached hydrogens (primary N) is 1. The van der Waals surface area contributed by atoms with Crippen LogP contribution in [0.5, 0.6) is 5.88 Å². The number of rotatable bonds is 3. The van der Waals surface area contributed by atoms with Gasteiger partial charge in [0.2, 0.25) is 5.88 Å². The number of halogens is 1. The van der Waals surface area contributed by atoms with E-state index in [0.717, 1.165) is 5.56 Å². The Morgan fingerprint density at radius 2 is 1.81 bits per heavy atom. The highest BCUT2D eigenvalue weighted by Gasteiger charge is 2.00. The van der Waals surface area contributed by atoms with Crippen LogP contribution in [0, 0.1) is 0 Å². The molecule has 0 spiro atoms. The van der Waals surface area contributed by atoms with Gasteiger partial charge in [0.25, 0.3) is 0 Å². The summed E-state index contributed by atoms with van der Waals surface area (Å²) in [5.41, 5.74) is 7.36. The lowest BCUT2D eigenvalue weighted by Gasteiger charge is -2.06. The lowest BCUT2D eigenvalue weighted by molar-refractivity contribution is 0.296. The van der Waals surface area contributed by atoms with E-state index in [1.165, 1.54) is 0 Å². The van der Waals surface area contributed by atoms with Gasteiger partial charge in [-0.1, -0.05) is 30.3 Å². The fourth-order valence-electron chi connectivity index (χ4n) is 1.25. The molecule has 3 nitrogen and oxygen atoms in total. The van der Waals surface area contributed by atoms with Gasteiger partial charge in [0, 0.05) is 6.20 Å². The highest BCUT2D eigenvalue weighted by molar-refractivity contribution is 5.85. The standard InChI is InChI=1S/C12H12N2O.ClH/c13-11-7-4-8-14-12(11)15-9-10-5-2-1-3-6-10;/h1-8H,9,13H2;1H. The van der Waals surface area contributed by atoms with Gasteiger partial charge in [0.05, 0.1) is 5.69 Å². The van der Waals surface area contributed by atoms with Gasteiger partial charge < -0.3 is 10.5 Å². The molecule has 0 saturated carbocycles. The third-order valence-corrected chi connectivity index (χ3v) is 2.02. The van der Waals surface area contributed by atoms with Crippen molar-refractivity contribution in [3.05, 3.63) is 54.2 Å². The molecule has 0 atom stereocenters. The number of ether oxygens (including phenoxy) is 1. The molecule has 4 heteroatoms. The van der Waals surface area contributed by atoms with Crippen molar-refractivity contribution in [1.82, 2.24) is 4.98 Å². The summed E-state index contributed by atoms with van der Waals surface area (Å²) >= 11 is 0. The summed E-state index contributed by atoms with van der Waals surface area (Å²) in [5, 5.41) is 0. The van der Waals surface area contributed by atoms with Crippen molar-refractivity contribution in [2.45, 2.75) is 6.61 Å². The van der Waals surface area contributed by atoms with E-state index < -0.39 is 0 Å². The van der Waals surface area contributed by atoms with Gasteiger partial charge in [-0.25, -0.2) is 4.98 Å². The fraction of sp³-hybridized carbons (Fsp3) is 0.0833. The minimum atomic E-state index is 0. The molecule has 0 amide bonds. The van der Waals surface area contributed by atoms with E-state index in [4.69, 9.17) is 10.5 Å². The molecule has 16 heavy (non-hydrogen) atoms. The Balaban J connectivity index is 0.00000128. The van der Waals surface area contributed by atoms with E-state index in [2.05, 4.69) is 4.98 Å². The second kappa shape index (κ2) is 5.98. The van der Waals surface area contributed by atoms with E-state index in [0.29, 0.717) is 18.2 Å². The van der Waals surface area contributed by atoms with Crippen molar-refractivity contribution >= 4 is 18.1 Å². The van der Waals surface area contributed by atoms with Crippen LogP contribution in [0.2, 0.25) is 0 Å². The van der Waals surface area contributed by atoms with Crippen LogP contribution in [-0.2, 0) is 6.61 Å². The third-order valence-electron chi connectivity index (χ3n) is 2.02. The summed E-state index contributed by atoms with van der Waals surface area (Å²) in [6.45, 7) is 0.488. The van der Waals surface area contributed by atoms with Gasteiger partial charge >= 0.3 is 0 Å². The Morgan fingerprint density at radius 3 is 2.50 bits per heavy atom. The zero-order valence-corrected chi connectivity index (χ0v) is 9.48. The van der Waals surface area contributed by atoms with Gasteiger partial charge in [-0.3, -0.25) is 0 Å². The minimum Gasteiger partial charge on any atom is -0.471 e. The van der Waals surface area contributed by atoms with Gasteiger partial charge in [0.15, 0.2) is 0 Å². The molecule has 2 rings (SSSR count). The Kier molecular flexibility index (Phi) is 4.61. The molecule has 0 saturated heterocycles. The van der Waals surface area contributed by atoms with Gasteiger partial charge in [0.1, 0.15) is 6.61 Å². The van der Waals surface area contributed by atoms with Crippen LogP contribution in [0.15, 0.2) is 48.7 Å². The number of pyridine rings is 1. The van der Waals surface area contributed by atoms with Gasteiger partial charge in [-0.05, 0) is 17.7 Å². The van der Waals surface area contributed by atoms with E-state index in [1.807, 2.05) is 30.3 Å². The molecule has 0 unspecified atom stereocenters. The largest absolute Gasteiger partial charge is 0.471 e. The number of nitrogen functional groups attached to an aromatic ring is 1. The molecule has 1 aromatic heterocycles. The van der Waals surface area contributed by atoms with Crippen molar-refractivity contribution in [1.29, 1.82) is 0 Å². The maximum atomic E-state index is 5.70. The molecule has 1 heterocycles. The lowest BCUT2D eigenvalue weighted by Crippen LogP contribution is -2.00. The van der Waals surface area contributed by atoms with Gasteiger partial charge in [-0.2, -0.15) is 0 Å². The summed E-state index contributed by atoms with van der Waals surface area (Å²) in [6, 6.07) is 13.5. The summed E-state index contributed by atoms with van der Waals surface area (Å²) in [7, 11) is 0. The number of hydrogen-bond donors (Lipinski definition) is 1. The normalized spacial score (nSPS) is 9.25. The maximum absolute atomic E-state index is 5.70. The topological polar surface area (TPSA) is 48.1 Å². The summed E-state index contributed by atoms with van der Waals surface area (Å²) < 4.78 is 5.49. The van der Waals surface area contributed by atoms with Crippen LogP contribution in [-0.4, -0.2) is 4.98 Å². The number of nitrogens with zero attached hydrogens (tertiary/aromatic N) is 1. The molecule has 0 aliphatic carbocycles. The predicted molar refractivity (Wildman–Crippen MR) is 66.7 cm³/mol. The highest BCUT2D eigenvalue weighted by atomic mass is 35.5. The molecule has 1 aromatic carbocycles. The second-order valence-corrected chi connectivity index (χ2v) is 3.17. The average Bonchev–Trinajstić information content (AvgIpc) is 2.29. The smallest absolute Gasteiger partial charge is 0.237 e. The van der Waals surface area contributed by atoms with Crippen LogP contribution in [0.25, 0.3) is 0 Å². The van der Waals surface area contributed by atoms with Crippen LogP contribution in [0.4, 0.5) is 5.69 Å². The van der Waals surface area contributed by atoms with Crippen LogP contribution in [0.1, 0.15) is 5.56 Å². The molecule has 2 N–H and O–H groups in total. The summed E-state index contributed by atoms with van der Waals surface area (Å²) in [6.07, 6.45) is 1.66. The van der Waals surface area contributed by atoms with Crippen LogP contribution < -0.4 is 10.5 Å². The zero-order valence-electron chi connectivity index (χ0n) is 8.67. The van der Waals surface area contributed by atoms with Gasteiger partial charge in [-0.15, -0.1) is 12.4 Å². The summed E-state index contributed by atoms with van der Waals surface area (Å²) in [4.78, 5) is 4.05. The first-order valence-electron chi connectivity index (χ1n) is 4.73. The molecule has 84 valence electrons. The first kappa shape index (κ1) is 12.3. The molecular weight excluding hydrogens is 224 g/mol. The first-order valence-corrected chi connectivity index (χ1v) is 4.73. The molecule has 2 aromatic rings. The average molecular weight is 237 g/mol. The molecule has 0 radical (unpaired) electrons. The Hall–Kier alpha value is -1.74. The maximum Gasteiger partial charge on any atom is 0.237 e. The van der Waals surface area contributed by atoms with E-state index >= 15 is 0 Å². The zero-order chi connectivity index (χ0) is 10.5.